The van der Waals surface area contributed by atoms with Gasteiger partial charge in [0.15, 0.2) is 11.5 Å². The van der Waals surface area contributed by atoms with Gasteiger partial charge in [0.1, 0.15) is 18.1 Å². The molecule has 0 bridgehead atoms. The molecule has 32 heavy (non-hydrogen) atoms. The van der Waals surface area contributed by atoms with Crippen LogP contribution in [0.25, 0.3) is 0 Å². The van der Waals surface area contributed by atoms with Crippen molar-refractivity contribution >= 4 is 11.8 Å². The number of carbonyl (C=O) groups excluding carboxylic acids is 2. The number of carbonyl (C=O) groups is 2. The molecule has 2 heterocycles. The summed E-state index contributed by atoms with van der Waals surface area (Å²) in [5, 5.41) is 0. The fraction of sp³-hybridized carbons (Fsp3) is 0.440. The molecule has 2 aliphatic rings. The van der Waals surface area contributed by atoms with Crippen molar-refractivity contribution < 1.29 is 23.5 Å². The first-order valence-corrected chi connectivity index (χ1v) is 11.1. The van der Waals surface area contributed by atoms with Gasteiger partial charge in [0, 0.05) is 19.0 Å². The Balaban J connectivity index is 1.51. The van der Waals surface area contributed by atoms with E-state index in [1.807, 2.05) is 37.3 Å². The van der Waals surface area contributed by atoms with E-state index in [4.69, 9.17) is 13.9 Å². The molecule has 1 saturated carbocycles. The number of aryl methyl sites for hydroxylation is 1. The van der Waals surface area contributed by atoms with Crippen LogP contribution in [-0.2, 0) is 22.7 Å². The van der Waals surface area contributed by atoms with Crippen LogP contribution in [-0.4, -0.2) is 41.5 Å². The third-order valence-electron chi connectivity index (χ3n) is 6.00. The lowest BCUT2D eigenvalue weighted by atomic mass is 10.1. The Morgan fingerprint density at radius 3 is 2.56 bits per heavy atom. The maximum atomic E-state index is 13.4. The van der Waals surface area contributed by atoms with Crippen LogP contribution in [0.3, 0.4) is 0 Å². The van der Waals surface area contributed by atoms with E-state index < -0.39 is 0 Å². The molecular formula is C25H30N2O5. The summed E-state index contributed by atoms with van der Waals surface area (Å²) in [6.45, 7) is 6.92. The maximum absolute atomic E-state index is 13.4. The summed E-state index contributed by atoms with van der Waals surface area (Å²) in [4.78, 5) is 29.7. The van der Waals surface area contributed by atoms with Gasteiger partial charge in [0.2, 0.25) is 18.6 Å². The Bertz CT molecular complexity index is 976. The lowest BCUT2D eigenvalue weighted by Gasteiger charge is -2.28. The molecule has 1 aromatic heterocycles. The number of hydrogen-bond acceptors (Lipinski definition) is 5. The van der Waals surface area contributed by atoms with Crippen LogP contribution in [0, 0.1) is 12.8 Å². The zero-order chi connectivity index (χ0) is 22.5. The van der Waals surface area contributed by atoms with Gasteiger partial charge in [-0.25, -0.2) is 0 Å². The molecule has 1 fully saturated rings. The van der Waals surface area contributed by atoms with Crippen molar-refractivity contribution in [3.8, 4) is 11.5 Å². The van der Waals surface area contributed by atoms with Gasteiger partial charge >= 0.3 is 0 Å². The SMILES string of the molecule is C=CCN(CC(=O)N(Cc1ccc2c(c1)OCO2)Cc1ccc(C)o1)C(=O)C1CCCC1. The van der Waals surface area contributed by atoms with Crippen LogP contribution in [0.2, 0.25) is 0 Å². The zero-order valence-corrected chi connectivity index (χ0v) is 18.5. The van der Waals surface area contributed by atoms with E-state index in [-0.39, 0.29) is 31.1 Å². The topological polar surface area (TPSA) is 72.2 Å². The van der Waals surface area contributed by atoms with Crippen molar-refractivity contribution in [1.82, 2.24) is 9.80 Å². The number of fused-ring (bicyclic) bond motifs is 1. The molecule has 4 rings (SSSR count). The fourth-order valence-corrected chi connectivity index (χ4v) is 4.33. The first-order chi connectivity index (χ1) is 15.5. The summed E-state index contributed by atoms with van der Waals surface area (Å²) < 4.78 is 16.6. The van der Waals surface area contributed by atoms with Gasteiger partial charge in [-0.05, 0) is 49.6 Å². The Kier molecular flexibility index (Phi) is 6.83. The average molecular weight is 439 g/mol. The second kappa shape index (κ2) is 9.94. The quantitative estimate of drug-likeness (QED) is 0.553. The van der Waals surface area contributed by atoms with Crippen LogP contribution < -0.4 is 9.47 Å². The molecule has 7 nitrogen and oxygen atoms in total. The predicted octanol–water partition coefficient (Wildman–Crippen LogP) is 4.05. The smallest absolute Gasteiger partial charge is 0.242 e. The van der Waals surface area contributed by atoms with Gasteiger partial charge in [0.25, 0.3) is 0 Å². The van der Waals surface area contributed by atoms with Crippen molar-refractivity contribution in [2.45, 2.75) is 45.7 Å². The molecule has 7 heteroatoms. The molecular weight excluding hydrogens is 408 g/mol. The van der Waals surface area contributed by atoms with Crippen molar-refractivity contribution in [3.63, 3.8) is 0 Å². The van der Waals surface area contributed by atoms with E-state index in [0.29, 0.717) is 36.9 Å². The average Bonchev–Trinajstić information content (AvgIpc) is 3.54. The first-order valence-electron chi connectivity index (χ1n) is 11.1. The minimum Gasteiger partial charge on any atom is -0.464 e. The minimum absolute atomic E-state index is 0.0118. The van der Waals surface area contributed by atoms with Crippen LogP contribution >= 0.6 is 0 Å². The van der Waals surface area contributed by atoms with Crippen molar-refractivity contribution in [1.29, 1.82) is 0 Å². The number of benzene rings is 1. The van der Waals surface area contributed by atoms with E-state index in [2.05, 4.69) is 6.58 Å². The van der Waals surface area contributed by atoms with Gasteiger partial charge in [-0.1, -0.05) is 25.0 Å². The molecule has 1 aliphatic carbocycles. The predicted molar refractivity (Wildman–Crippen MR) is 119 cm³/mol. The molecule has 1 aliphatic heterocycles. The number of nitrogens with zero attached hydrogens (tertiary/aromatic N) is 2. The van der Waals surface area contributed by atoms with Crippen molar-refractivity contribution in [2.24, 2.45) is 5.92 Å². The fourth-order valence-electron chi connectivity index (χ4n) is 4.33. The second-order valence-corrected chi connectivity index (χ2v) is 8.44. The molecule has 2 amide bonds. The third-order valence-corrected chi connectivity index (χ3v) is 6.00. The number of amides is 2. The van der Waals surface area contributed by atoms with E-state index in [0.717, 1.165) is 37.0 Å². The minimum atomic E-state index is -0.134. The molecule has 1 aromatic carbocycles. The second-order valence-electron chi connectivity index (χ2n) is 8.44. The highest BCUT2D eigenvalue weighted by atomic mass is 16.7. The highest BCUT2D eigenvalue weighted by Crippen LogP contribution is 2.33. The van der Waals surface area contributed by atoms with Gasteiger partial charge in [-0.15, -0.1) is 6.58 Å². The summed E-state index contributed by atoms with van der Waals surface area (Å²) in [6, 6.07) is 9.42. The van der Waals surface area contributed by atoms with E-state index in [9.17, 15) is 9.59 Å². The summed E-state index contributed by atoms with van der Waals surface area (Å²) in [7, 11) is 0. The van der Waals surface area contributed by atoms with Crippen LogP contribution in [0.5, 0.6) is 11.5 Å². The molecule has 0 unspecified atom stereocenters. The summed E-state index contributed by atoms with van der Waals surface area (Å²) >= 11 is 0. The summed E-state index contributed by atoms with van der Waals surface area (Å²) in [5.41, 5.74) is 0.920. The molecule has 2 aromatic rings. The Morgan fingerprint density at radius 1 is 1.06 bits per heavy atom. The van der Waals surface area contributed by atoms with E-state index >= 15 is 0 Å². The summed E-state index contributed by atoms with van der Waals surface area (Å²) in [6.07, 6.45) is 5.61. The van der Waals surface area contributed by atoms with Gasteiger partial charge in [0.05, 0.1) is 6.54 Å². The van der Waals surface area contributed by atoms with E-state index in [1.165, 1.54) is 0 Å². The molecule has 0 saturated heterocycles. The van der Waals surface area contributed by atoms with E-state index in [1.54, 1.807) is 15.9 Å². The molecule has 0 N–H and O–H groups in total. The van der Waals surface area contributed by atoms with Crippen LogP contribution in [0.1, 0.15) is 42.8 Å². The van der Waals surface area contributed by atoms with Crippen LogP contribution in [0.15, 0.2) is 47.4 Å². The number of hydrogen-bond donors (Lipinski definition) is 0. The normalized spacial score (nSPS) is 15.0. The van der Waals surface area contributed by atoms with Gasteiger partial charge in [-0.3, -0.25) is 9.59 Å². The monoisotopic (exact) mass is 438 g/mol. The largest absolute Gasteiger partial charge is 0.464 e. The Hall–Kier alpha value is -3.22. The first kappa shape index (κ1) is 22.0. The molecule has 170 valence electrons. The lowest BCUT2D eigenvalue weighted by molar-refractivity contribution is -0.143. The third kappa shape index (κ3) is 5.15. The Labute approximate surface area is 188 Å². The van der Waals surface area contributed by atoms with Crippen LogP contribution in [0.4, 0.5) is 0 Å². The highest BCUT2D eigenvalue weighted by Gasteiger charge is 2.29. The zero-order valence-electron chi connectivity index (χ0n) is 18.5. The highest BCUT2D eigenvalue weighted by molar-refractivity contribution is 5.86. The maximum Gasteiger partial charge on any atom is 0.242 e. The van der Waals surface area contributed by atoms with Crippen molar-refractivity contribution in [2.75, 3.05) is 19.9 Å². The Morgan fingerprint density at radius 2 is 1.84 bits per heavy atom. The molecule has 0 spiro atoms. The molecule has 0 atom stereocenters. The number of furan rings is 1. The van der Waals surface area contributed by atoms with Crippen molar-refractivity contribution in [3.05, 3.63) is 60.1 Å². The van der Waals surface area contributed by atoms with Gasteiger partial charge < -0.3 is 23.7 Å². The molecule has 0 radical (unpaired) electrons. The lowest BCUT2D eigenvalue weighted by Crippen LogP contribution is -2.44. The van der Waals surface area contributed by atoms with Gasteiger partial charge in [-0.2, -0.15) is 0 Å². The number of ether oxygens (including phenoxy) is 2. The summed E-state index contributed by atoms with van der Waals surface area (Å²) in [5.74, 6) is 2.80. The standard InChI is InChI=1S/C25H30N2O5/c1-3-12-26(25(29)20-6-4-5-7-20)16-24(28)27(15-21-10-8-18(2)32-21)14-19-9-11-22-23(13-19)31-17-30-22/h3,8-11,13,20H,1,4-7,12,14-17H2,2H3. The number of rotatable bonds is 9.